The lowest BCUT2D eigenvalue weighted by Gasteiger charge is -2.14. The van der Waals surface area contributed by atoms with Crippen LogP contribution in [0.1, 0.15) is 16.7 Å². The normalized spacial score (nSPS) is 11.5. The topological polar surface area (TPSA) is 86.0 Å². The van der Waals surface area contributed by atoms with Crippen molar-refractivity contribution in [3.63, 3.8) is 0 Å². The van der Waals surface area contributed by atoms with Crippen LogP contribution in [0.4, 0.5) is 28.9 Å². The number of nitrogens with one attached hydrogen (secondary N) is 1. The van der Waals surface area contributed by atoms with Gasteiger partial charge in [0.2, 0.25) is 0 Å². The van der Waals surface area contributed by atoms with E-state index in [0.717, 1.165) is 6.07 Å². The molecule has 3 aromatic rings. The summed E-state index contributed by atoms with van der Waals surface area (Å²) in [6.45, 7) is -0.0474. The molecule has 0 saturated heterocycles. The van der Waals surface area contributed by atoms with Crippen LogP contribution in [0.2, 0.25) is 0 Å². The summed E-state index contributed by atoms with van der Waals surface area (Å²) in [5.74, 6) is 0.201. The third kappa shape index (κ3) is 6.01. The van der Waals surface area contributed by atoms with Crippen molar-refractivity contribution in [3.05, 3.63) is 91.7 Å². The van der Waals surface area contributed by atoms with Gasteiger partial charge in [0, 0.05) is 11.6 Å². The molecule has 3 aromatic carbocycles. The van der Waals surface area contributed by atoms with E-state index >= 15 is 0 Å². The van der Waals surface area contributed by atoms with E-state index in [0.29, 0.717) is 39.2 Å². The monoisotopic (exact) mass is 541 g/mol. The smallest absolute Gasteiger partial charge is 0.416 e. The van der Waals surface area contributed by atoms with Crippen molar-refractivity contribution in [2.45, 2.75) is 12.8 Å². The van der Waals surface area contributed by atoms with Crippen LogP contribution in [0.5, 0.6) is 11.5 Å². The van der Waals surface area contributed by atoms with Crippen molar-refractivity contribution >= 4 is 33.5 Å². The minimum Gasteiger partial charge on any atom is -0.493 e. The summed E-state index contributed by atoms with van der Waals surface area (Å²) in [5, 5.41) is 15.0. The number of alkyl halides is 3. The summed E-state index contributed by atoms with van der Waals surface area (Å²) in [6, 6.07) is 11.4. The van der Waals surface area contributed by atoms with Crippen molar-refractivity contribution in [1.29, 1.82) is 0 Å². The first-order chi connectivity index (χ1) is 16.1. The number of nitro groups is 1. The first-order valence-electron chi connectivity index (χ1n) is 9.48. The van der Waals surface area contributed by atoms with Gasteiger partial charge in [-0.15, -0.1) is 0 Å². The fraction of sp³-hybridized carbons (Fsp3) is 0.136. The Hall–Kier alpha value is -3.67. The van der Waals surface area contributed by atoms with E-state index in [9.17, 15) is 27.7 Å². The number of anilines is 1. The minimum atomic E-state index is -4.72. The lowest BCUT2D eigenvalue weighted by Crippen LogP contribution is -2.06. The Labute approximate surface area is 199 Å². The Morgan fingerprint density at radius 2 is 1.91 bits per heavy atom. The predicted molar refractivity (Wildman–Crippen MR) is 121 cm³/mol. The molecular weight excluding hydrogens is 526 g/mol. The van der Waals surface area contributed by atoms with Crippen LogP contribution < -0.4 is 14.9 Å². The van der Waals surface area contributed by atoms with Gasteiger partial charge in [-0.3, -0.25) is 15.5 Å². The van der Waals surface area contributed by atoms with E-state index in [1.807, 2.05) is 0 Å². The zero-order valence-electron chi connectivity index (χ0n) is 17.4. The lowest BCUT2D eigenvalue weighted by atomic mass is 10.1. The number of hydrogen-bond donors (Lipinski definition) is 1. The summed E-state index contributed by atoms with van der Waals surface area (Å²) in [7, 11) is 1.41. The van der Waals surface area contributed by atoms with Crippen LogP contribution in [0.3, 0.4) is 0 Å². The van der Waals surface area contributed by atoms with Gasteiger partial charge in [-0.05, 0) is 51.8 Å². The maximum absolute atomic E-state index is 13.8. The quantitative estimate of drug-likeness (QED) is 0.151. The van der Waals surface area contributed by atoms with Crippen molar-refractivity contribution in [3.8, 4) is 11.5 Å². The van der Waals surface area contributed by atoms with Crippen LogP contribution in [0.15, 0.2) is 64.2 Å². The molecule has 3 rings (SSSR count). The van der Waals surface area contributed by atoms with E-state index in [1.54, 1.807) is 30.3 Å². The molecule has 0 atom stereocenters. The molecule has 0 radical (unpaired) electrons. The molecule has 0 aliphatic heterocycles. The van der Waals surface area contributed by atoms with Gasteiger partial charge in [0.1, 0.15) is 18.1 Å². The van der Waals surface area contributed by atoms with E-state index in [-0.39, 0.29) is 12.3 Å². The maximum Gasteiger partial charge on any atom is 0.416 e. The van der Waals surface area contributed by atoms with Gasteiger partial charge in [-0.25, -0.2) is 4.39 Å². The predicted octanol–water partition coefficient (Wildman–Crippen LogP) is 6.55. The summed E-state index contributed by atoms with van der Waals surface area (Å²) in [6.07, 6.45) is -3.43. The van der Waals surface area contributed by atoms with Gasteiger partial charge in [-0.1, -0.05) is 18.2 Å². The van der Waals surface area contributed by atoms with Gasteiger partial charge in [0.05, 0.1) is 28.3 Å². The average Bonchev–Trinajstić information content (AvgIpc) is 2.78. The molecule has 0 heterocycles. The van der Waals surface area contributed by atoms with Crippen LogP contribution in [-0.4, -0.2) is 18.2 Å². The highest BCUT2D eigenvalue weighted by atomic mass is 79.9. The zero-order chi connectivity index (χ0) is 24.9. The Bertz CT molecular complexity index is 1240. The van der Waals surface area contributed by atoms with E-state index in [1.165, 1.54) is 19.4 Å². The third-order valence-corrected chi connectivity index (χ3v) is 5.09. The van der Waals surface area contributed by atoms with Crippen molar-refractivity contribution in [1.82, 2.24) is 0 Å². The number of halogens is 5. The fourth-order valence-electron chi connectivity index (χ4n) is 2.85. The second kappa shape index (κ2) is 10.5. The van der Waals surface area contributed by atoms with Crippen molar-refractivity contribution in [2.75, 3.05) is 12.5 Å². The molecule has 0 amide bonds. The van der Waals surface area contributed by atoms with E-state index < -0.39 is 28.2 Å². The Morgan fingerprint density at radius 1 is 1.18 bits per heavy atom. The average molecular weight is 542 g/mol. The molecular formula is C22H16BrF4N3O4. The molecule has 0 aromatic heterocycles. The Morgan fingerprint density at radius 3 is 2.56 bits per heavy atom. The van der Waals surface area contributed by atoms with E-state index in [4.69, 9.17) is 9.47 Å². The summed E-state index contributed by atoms with van der Waals surface area (Å²) >= 11 is 3.35. The molecule has 0 spiro atoms. The molecule has 0 saturated carbocycles. The summed E-state index contributed by atoms with van der Waals surface area (Å²) in [5.41, 5.74) is 1.07. The third-order valence-electron chi connectivity index (χ3n) is 4.50. The SMILES string of the molecule is COc1cc(/C=N\Nc2ccc(C(F)(F)F)cc2[N+](=O)[O-])cc(Br)c1OCc1ccccc1F. The molecule has 0 unspecified atom stereocenters. The first kappa shape index (κ1) is 25.0. The molecule has 0 bridgehead atoms. The van der Waals surface area contributed by atoms with E-state index in [2.05, 4.69) is 26.5 Å². The van der Waals surface area contributed by atoms with Crippen molar-refractivity contribution in [2.24, 2.45) is 5.10 Å². The summed E-state index contributed by atoms with van der Waals surface area (Å²) < 4.78 is 63.8. The molecule has 34 heavy (non-hydrogen) atoms. The molecule has 1 N–H and O–H groups in total. The van der Waals surface area contributed by atoms with Gasteiger partial charge < -0.3 is 9.47 Å². The highest BCUT2D eigenvalue weighted by Gasteiger charge is 2.33. The molecule has 12 heteroatoms. The Kier molecular flexibility index (Phi) is 7.72. The number of ether oxygens (including phenoxy) is 2. The maximum atomic E-state index is 13.8. The molecule has 0 fully saturated rings. The van der Waals surface area contributed by atoms with Crippen molar-refractivity contribution < 1.29 is 32.0 Å². The highest BCUT2D eigenvalue weighted by molar-refractivity contribution is 9.10. The standard InChI is InChI=1S/C22H16BrF4N3O4/c1-33-20-9-13(8-16(23)21(20)34-12-14-4-2-3-5-17(14)24)11-28-29-18-7-6-15(22(25,26)27)10-19(18)30(31)32/h2-11,29H,12H2,1H3/b28-11-. The second-order valence-corrected chi connectivity index (χ2v) is 7.63. The number of hydrogen-bond acceptors (Lipinski definition) is 6. The minimum absolute atomic E-state index is 0.0474. The van der Waals surface area contributed by atoms with Crippen LogP contribution >= 0.6 is 15.9 Å². The highest BCUT2D eigenvalue weighted by Crippen LogP contribution is 2.37. The molecule has 178 valence electrons. The Balaban J connectivity index is 1.78. The largest absolute Gasteiger partial charge is 0.493 e. The summed E-state index contributed by atoms with van der Waals surface area (Å²) in [4.78, 5) is 10.2. The van der Waals surface area contributed by atoms with Gasteiger partial charge in [0.15, 0.2) is 11.5 Å². The number of nitrogens with zero attached hydrogens (tertiary/aromatic N) is 2. The lowest BCUT2D eigenvalue weighted by molar-refractivity contribution is -0.384. The molecule has 0 aliphatic carbocycles. The first-order valence-corrected chi connectivity index (χ1v) is 10.3. The molecule has 7 nitrogen and oxygen atoms in total. The molecule has 0 aliphatic rings. The zero-order valence-corrected chi connectivity index (χ0v) is 19.0. The fourth-order valence-corrected chi connectivity index (χ4v) is 3.42. The number of methoxy groups -OCH3 is 1. The number of nitro benzene ring substituents is 1. The van der Waals surface area contributed by atoms with Crippen LogP contribution in [0, 0.1) is 15.9 Å². The van der Waals surface area contributed by atoms with Gasteiger partial charge in [0.25, 0.3) is 5.69 Å². The number of rotatable bonds is 8. The van der Waals surface area contributed by atoms with Crippen LogP contribution in [0.25, 0.3) is 0 Å². The number of benzene rings is 3. The van der Waals surface area contributed by atoms with Crippen LogP contribution in [-0.2, 0) is 12.8 Å². The number of hydrazone groups is 1. The second-order valence-electron chi connectivity index (χ2n) is 6.77. The van der Waals surface area contributed by atoms with Gasteiger partial charge in [-0.2, -0.15) is 18.3 Å². The van der Waals surface area contributed by atoms with Gasteiger partial charge >= 0.3 is 6.18 Å².